The molecule has 3 N–H and O–H groups in total. The first-order chi connectivity index (χ1) is 13.4. The Labute approximate surface area is 175 Å². The van der Waals surface area contributed by atoms with Crippen LogP contribution >= 0.6 is 33.2 Å². The van der Waals surface area contributed by atoms with Gasteiger partial charge in [-0.2, -0.15) is 13.2 Å². The predicted octanol–water partition coefficient (Wildman–Crippen LogP) is 3.46. The maximum absolute atomic E-state index is 13.1. The first kappa shape index (κ1) is 27.1. The van der Waals surface area contributed by atoms with E-state index in [2.05, 4.69) is 5.32 Å². The molecule has 29 heavy (non-hydrogen) atoms. The van der Waals surface area contributed by atoms with Crippen LogP contribution in [-0.2, 0) is 14.4 Å². The van der Waals surface area contributed by atoms with Crippen molar-refractivity contribution in [2.75, 3.05) is 24.7 Å². The Bertz CT molecular complexity index is 693. The molecule has 0 aliphatic carbocycles. The summed E-state index contributed by atoms with van der Waals surface area (Å²) in [6, 6.07) is 3.95. The number of carbonyl (C=O) groups excluding carboxylic acids is 1. The van der Waals surface area contributed by atoms with Gasteiger partial charge in [-0.1, -0.05) is 33.2 Å². The van der Waals surface area contributed by atoms with Crippen LogP contribution in [0.1, 0.15) is 6.42 Å². The zero-order valence-corrected chi connectivity index (χ0v) is 16.9. The number of amides is 1. The summed E-state index contributed by atoms with van der Waals surface area (Å²) in [6.07, 6.45) is -4.96. The molecular weight excluding hydrogens is 466 g/mol. The van der Waals surface area contributed by atoms with E-state index < -0.39 is 23.9 Å². The predicted molar refractivity (Wildman–Crippen MR) is 101 cm³/mol. The van der Waals surface area contributed by atoms with Crippen LogP contribution in [0, 0.1) is 5.82 Å². The Morgan fingerprint density at radius 1 is 1.14 bits per heavy atom. The number of hydrogen-bond donors (Lipinski definition) is 3. The Morgan fingerprint density at radius 2 is 1.72 bits per heavy atom. The highest BCUT2D eigenvalue weighted by molar-refractivity contribution is 8.76. The van der Waals surface area contributed by atoms with E-state index >= 15 is 0 Å². The summed E-state index contributed by atoms with van der Waals surface area (Å²) in [5, 5.41) is 18.2. The zero-order valence-electron chi connectivity index (χ0n) is 14.5. The molecule has 0 bridgehead atoms. The maximum Gasteiger partial charge on any atom is 0.490 e. The molecule has 0 saturated heterocycles. The van der Waals surface area contributed by atoms with Gasteiger partial charge in [0, 0.05) is 24.1 Å². The molecule has 1 aromatic rings. The molecule has 164 valence electrons. The summed E-state index contributed by atoms with van der Waals surface area (Å²) >= 11 is 5.53. The molecule has 7 nitrogen and oxygen atoms in total. The van der Waals surface area contributed by atoms with Crippen LogP contribution in [0.3, 0.4) is 0 Å². The minimum atomic E-state index is -5.08. The fourth-order valence-corrected chi connectivity index (χ4v) is 3.25. The Hall–Kier alpha value is -1.86. The summed E-state index contributed by atoms with van der Waals surface area (Å²) in [4.78, 5) is 30.7. The monoisotopic (exact) mass is 481 g/mol. The molecule has 0 aliphatic heterocycles. The average Bonchev–Trinajstić information content (AvgIpc) is 2.61. The number of ether oxygens (including phenoxy) is 1. The third kappa shape index (κ3) is 14.7. The lowest BCUT2D eigenvalue weighted by Gasteiger charge is -2.07. The van der Waals surface area contributed by atoms with Gasteiger partial charge in [0.2, 0.25) is 0 Å². The summed E-state index contributed by atoms with van der Waals surface area (Å²) in [7, 11) is 2.93. The van der Waals surface area contributed by atoms with Crippen LogP contribution in [0.5, 0.6) is 5.75 Å². The molecule has 0 heterocycles. The molecule has 0 aromatic heterocycles. The second-order valence-corrected chi connectivity index (χ2v) is 7.91. The Balaban J connectivity index is 0.000000956. The molecule has 1 rings (SSSR count). The summed E-state index contributed by atoms with van der Waals surface area (Å²) in [5.41, 5.74) is 0. The first-order valence-corrected chi connectivity index (χ1v) is 10.4. The smallest absolute Gasteiger partial charge is 0.484 e. The number of aliphatic carboxylic acids is 2. The van der Waals surface area contributed by atoms with Gasteiger partial charge >= 0.3 is 18.1 Å². The summed E-state index contributed by atoms with van der Waals surface area (Å²) < 4.78 is 50.0. The SMILES string of the molecule is O=C(O)C(F)(F)F.O=C(O)CCSSCCNC(=O)COc1ccc(Cl)c(F)c1. The summed E-state index contributed by atoms with van der Waals surface area (Å²) in [6.45, 7) is 0.236. The number of hydrogen-bond acceptors (Lipinski definition) is 6. The van der Waals surface area contributed by atoms with Gasteiger partial charge in [0.15, 0.2) is 6.61 Å². The molecule has 0 atom stereocenters. The lowest BCUT2D eigenvalue weighted by atomic mass is 10.3. The van der Waals surface area contributed by atoms with Gasteiger partial charge in [-0.15, -0.1) is 0 Å². The van der Waals surface area contributed by atoms with Gasteiger partial charge in [-0.25, -0.2) is 9.18 Å². The topological polar surface area (TPSA) is 113 Å². The van der Waals surface area contributed by atoms with Crippen molar-refractivity contribution in [3.05, 3.63) is 29.0 Å². The number of halogens is 5. The highest BCUT2D eigenvalue weighted by atomic mass is 35.5. The van der Waals surface area contributed by atoms with Gasteiger partial charge in [0.25, 0.3) is 5.91 Å². The van der Waals surface area contributed by atoms with Crippen molar-refractivity contribution < 1.29 is 46.9 Å². The maximum atomic E-state index is 13.1. The first-order valence-electron chi connectivity index (χ1n) is 7.54. The largest absolute Gasteiger partial charge is 0.490 e. The van der Waals surface area contributed by atoms with Crippen molar-refractivity contribution in [3.63, 3.8) is 0 Å². The molecule has 0 unspecified atom stereocenters. The zero-order chi connectivity index (χ0) is 22.4. The van der Waals surface area contributed by atoms with Crippen molar-refractivity contribution >= 4 is 51.0 Å². The minimum Gasteiger partial charge on any atom is -0.484 e. The standard InChI is InChI=1S/C13H15ClFNO4S2.C2HF3O2/c14-10-2-1-9(7-11(10)15)20-8-12(17)16-4-6-22-21-5-3-13(18)19;3-2(4,5)1(6)7/h1-2,7H,3-6,8H2,(H,16,17)(H,18,19);(H,6,7). The van der Waals surface area contributed by atoms with E-state index in [9.17, 15) is 27.2 Å². The van der Waals surface area contributed by atoms with Crippen LogP contribution in [0.2, 0.25) is 5.02 Å². The fourth-order valence-electron chi connectivity index (χ4n) is 1.25. The van der Waals surface area contributed by atoms with E-state index in [1.165, 1.54) is 33.7 Å². The highest BCUT2D eigenvalue weighted by Crippen LogP contribution is 2.21. The fraction of sp³-hybridized carbons (Fsp3) is 0.400. The molecule has 1 amide bonds. The van der Waals surface area contributed by atoms with Crippen molar-refractivity contribution in [3.8, 4) is 5.75 Å². The molecular formula is C15H16ClF4NO6S2. The second-order valence-electron chi connectivity index (χ2n) is 4.81. The van der Waals surface area contributed by atoms with E-state index in [0.29, 0.717) is 18.1 Å². The molecule has 0 fully saturated rings. The lowest BCUT2D eigenvalue weighted by molar-refractivity contribution is -0.192. The average molecular weight is 482 g/mol. The lowest BCUT2D eigenvalue weighted by Crippen LogP contribution is -2.30. The molecule has 0 radical (unpaired) electrons. The normalized spacial score (nSPS) is 10.5. The van der Waals surface area contributed by atoms with Crippen LogP contribution in [0.25, 0.3) is 0 Å². The number of carboxylic acids is 2. The van der Waals surface area contributed by atoms with Crippen LogP contribution in [0.4, 0.5) is 17.6 Å². The number of alkyl halides is 3. The van der Waals surface area contributed by atoms with Crippen molar-refractivity contribution in [1.82, 2.24) is 5.32 Å². The molecule has 14 heteroatoms. The van der Waals surface area contributed by atoms with Crippen LogP contribution < -0.4 is 10.1 Å². The number of nitrogens with one attached hydrogen (secondary N) is 1. The van der Waals surface area contributed by atoms with Crippen molar-refractivity contribution in [2.45, 2.75) is 12.6 Å². The van der Waals surface area contributed by atoms with E-state index in [1.807, 2.05) is 0 Å². The molecule has 0 aliphatic rings. The van der Waals surface area contributed by atoms with E-state index in [0.717, 1.165) is 6.07 Å². The summed E-state index contributed by atoms with van der Waals surface area (Å²) in [5.74, 6) is -3.08. The van der Waals surface area contributed by atoms with E-state index in [4.69, 9.17) is 31.3 Å². The van der Waals surface area contributed by atoms with Crippen LogP contribution in [0.15, 0.2) is 18.2 Å². The van der Waals surface area contributed by atoms with E-state index in [-0.39, 0.29) is 29.7 Å². The Morgan fingerprint density at radius 3 is 2.24 bits per heavy atom. The van der Waals surface area contributed by atoms with Gasteiger partial charge in [0.05, 0.1) is 11.4 Å². The van der Waals surface area contributed by atoms with Gasteiger partial charge in [-0.05, 0) is 12.1 Å². The highest BCUT2D eigenvalue weighted by Gasteiger charge is 2.38. The van der Waals surface area contributed by atoms with Crippen LogP contribution in [-0.4, -0.2) is 58.9 Å². The van der Waals surface area contributed by atoms with Crippen molar-refractivity contribution in [2.24, 2.45) is 0 Å². The molecule has 0 saturated carbocycles. The number of rotatable bonds is 10. The third-order valence-electron chi connectivity index (χ3n) is 2.49. The minimum absolute atomic E-state index is 0.00535. The number of carboxylic acid groups (broad SMARTS) is 2. The van der Waals surface area contributed by atoms with E-state index in [1.54, 1.807) is 0 Å². The molecule has 1 aromatic carbocycles. The quantitative estimate of drug-likeness (QED) is 0.264. The van der Waals surface area contributed by atoms with Gasteiger partial charge < -0.3 is 20.3 Å². The second kappa shape index (κ2) is 14.2. The van der Waals surface area contributed by atoms with Gasteiger partial charge in [0.1, 0.15) is 11.6 Å². The third-order valence-corrected chi connectivity index (χ3v) is 5.21. The number of benzene rings is 1. The van der Waals surface area contributed by atoms with Gasteiger partial charge in [-0.3, -0.25) is 9.59 Å². The molecule has 0 spiro atoms. The number of carbonyl (C=O) groups is 3. The van der Waals surface area contributed by atoms with Crippen molar-refractivity contribution in [1.29, 1.82) is 0 Å². The Kier molecular flexibility index (Phi) is 13.3.